The fraction of sp³-hybridized carbons (Fsp3) is 0.500. The van der Waals surface area contributed by atoms with Crippen LogP contribution in [-0.4, -0.2) is 43.0 Å². The van der Waals surface area contributed by atoms with Crippen LogP contribution in [0, 0.1) is 5.92 Å². The van der Waals surface area contributed by atoms with Gasteiger partial charge < -0.3 is 15.8 Å². The number of nitrogens with two attached hydrogens (primary N) is 1. The summed E-state index contributed by atoms with van der Waals surface area (Å²) in [5, 5.41) is 2.88. The number of primary amides is 1. The van der Waals surface area contributed by atoms with Crippen molar-refractivity contribution in [3.8, 4) is 5.75 Å². The Balaban J connectivity index is 1.85. The van der Waals surface area contributed by atoms with Crippen molar-refractivity contribution in [2.75, 3.05) is 31.6 Å². The van der Waals surface area contributed by atoms with E-state index in [1.54, 1.807) is 0 Å². The van der Waals surface area contributed by atoms with Gasteiger partial charge in [0.15, 0.2) is 0 Å². The van der Waals surface area contributed by atoms with E-state index in [9.17, 15) is 9.59 Å². The highest BCUT2D eigenvalue weighted by Crippen LogP contribution is 2.23. The largest absolute Gasteiger partial charge is 0.492 e. The van der Waals surface area contributed by atoms with Gasteiger partial charge in [-0.15, -0.1) is 0 Å². The molecule has 2 amide bonds. The molecule has 0 aromatic heterocycles. The molecule has 6 nitrogen and oxygen atoms in total. The molecule has 6 heteroatoms. The summed E-state index contributed by atoms with van der Waals surface area (Å²) < 4.78 is 5.49. The number of rotatable bonds is 6. The van der Waals surface area contributed by atoms with Crippen LogP contribution in [0.15, 0.2) is 24.3 Å². The third kappa shape index (κ3) is 4.46. The second-order valence-corrected chi connectivity index (χ2v) is 5.43. The quantitative estimate of drug-likeness (QED) is 0.827. The van der Waals surface area contributed by atoms with Crippen molar-refractivity contribution in [2.24, 2.45) is 11.7 Å². The zero-order chi connectivity index (χ0) is 15.9. The lowest BCUT2D eigenvalue weighted by Crippen LogP contribution is -2.42. The van der Waals surface area contributed by atoms with Crippen LogP contribution in [0.1, 0.15) is 19.8 Å². The molecule has 1 aliphatic heterocycles. The molecule has 0 aliphatic carbocycles. The monoisotopic (exact) mass is 305 g/mol. The van der Waals surface area contributed by atoms with Crippen molar-refractivity contribution in [3.63, 3.8) is 0 Å². The van der Waals surface area contributed by atoms with E-state index in [0.29, 0.717) is 37.7 Å². The Labute approximate surface area is 130 Å². The lowest BCUT2D eigenvalue weighted by atomic mass is 9.96. The number of piperidine rings is 1. The molecule has 0 saturated carbocycles. The highest BCUT2D eigenvalue weighted by Gasteiger charge is 2.24. The van der Waals surface area contributed by atoms with Gasteiger partial charge in [0.25, 0.3) is 0 Å². The van der Waals surface area contributed by atoms with Gasteiger partial charge in [-0.3, -0.25) is 14.5 Å². The Morgan fingerprint density at radius 3 is 2.64 bits per heavy atom. The zero-order valence-corrected chi connectivity index (χ0v) is 12.9. The van der Waals surface area contributed by atoms with Crippen LogP contribution < -0.4 is 15.8 Å². The van der Waals surface area contributed by atoms with Gasteiger partial charge in [0, 0.05) is 5.92 Å². The number of ether oxygens (including phenoxy) is 1. The van der Waals surface area contributed by atoms with E-state index in [2.05, 4.69) is 5.32 Å². The van der Waals surface area contributed by atoms with Crippen LogP contribution in [0.5, 0.6) is 5.75 Å². The van der Waals surface area contributed by atoms with E-state index >= 15 is 0 Å². The summed E-state index contributed by atoms with van der Waals surface area (Å²) >= 11 is 0. The lowest BCUT2D eigenvalue weighted by molar-refractivity contribution is -0.123. The number of likely N-dealkylation sites (tertiary alicyclic amines) is 1. The molecule has 0 bridgehead atoms. The van der Waals surface area contributed by atoms with Gasteiger partial charge in [-0.05, 0) is 45.0 Å². The van der Waals surface area contributed by atoms with Gasteiger partial charge in [0.05, 0.1) is 18.8 Å². The highest BCUT2D eigenvalue weighted by molar-refractivity contribution is 5.93. The first kappa shape index (κ1) is 16.3. The number of nitrogens with zero attached hydrogens (tertiary/aromatic N) is 1. The maximum absolute atomic E-state index is 12.2. The molecule has 1 saturated heterocycles. The predicted molar refractivity (Wildman–Crippen MR) is 84.6 cm³/mol. The van der Waals surface area contributed by atoms with Crippen molar-refractivity contribution in [1.29, 1.82) is 0 Å². The number of carbonyl (C=O) groups is 2. The molecule has 120 valence electrons. The van der Waals surface area contributed by atoms with E-state index in [-0.39, 0.29) is 17.7 Å². The number of para-hydroxylation sites is 2. The number of hydrogen-bond donors (Lipinski definition) is 2. The van der Waals surface area contributed by atoms with Crippen LogP contribution in [0.3, 0.4) is 0 Å². The summed E-state index contributed by atoms with van der Waals surface area (Å²) in [5.41, 5.74) is 5.99. The van der Waals surface area contributed by atoms with Crippen LogP contribution in [0.25, 0.3) is 0 Å². The number of nitrogens with one attached hydrogen (secondary N) is 1. The van der Waals surface area contributed by atoms with Crippen molar-refractivity contribution < 1.29 is 14.3 Å². The van der Waals surface area contributed by atoms with Crippen LogP contribution in [-0.2, 0) is 9.59 Å². The molecule has 0 unspecified atom stereocenters. The summed E-state index contributed by atoms with van der Waals surface area (Å²) in [6.45, 7) is 4.20. The molecule has 1 heterocycles. The minimum Gasteiger partial charge on any atom is -0.492 e. The number of carbonyl (C=O) groups excluding carboxylic acids is 2. The second-order valence-electron chi connectivity index (χ2n) is 5.43. The van der Waals surface area contributed by atoms with Gasteiger partial charge >= 0.3 is 0 Å². The topological polar surface area (TPSA) is 84.7 Å². The van der Waals surface area contributed by atoms with Crippen LogP contribution in [0.2, 0.25) is 0 Å². The first-order chi connectivity index (χ1) is 10.6. The fourth-order valence-corrected chi connectivity index (χ4v) is 2.62. The summed E-state index contributed by atoms with van der Waals surface area (Å²) in [7, 11) is 0. The first-order valence-electron chi connectivity index (χ1n) is 7.63. The normalized spacial score (nSPS) is 16.2. The smallest absolute Gasteiger partial charge is 0.238 e. The molecule has 0 radical (unpaired) electrons. The summed E-state index contributed by atoms with van der Waals surface area (Å²) in [6, 6.07) is 7.38. The van der Waals surface area contributed by atoms with Crippen molar-refractivity contribution in [2.45, 2.75) is 19.8 Å². The number of amides is 2. The SMILES string of the molecule is CCOc1ccccc1NC(=O)CN1CCC(C(N)=O)CC1. The lowest BCUT2D eigenvalue weighted by Gasteiger charge is -2.29. The fourth-order valence-electron chi connectivity index (χ4n) is 2.62. The third-order valence-electron chi connectivity index (χ3n) is 3.82. The zero-order valence-electron chi connectivity index (χ0n) is 12.9. The molecule has 1 fully saturated rings. The van der Waals surface area contributed by atoms with Gasteiger partial charge in [-0.2, -0.15) is 0 Å². The minimum atomic E-state index is -0.241. The van der Waals surface area contributed by atoms with E-state index in [1.165, 1.54) is 0 Å². The summed E-state index contributed by atoms with van der Waals surface area (Å²) in [4.78, 5) is 25.3. The van der Waals surface area contributed by atoms with Crippen molar-refractivity contribution >= 4 is 17.5 Å². The van der Waals surface area contributed by atoms with E-state index < -0.39 is 0 Å². The number of benzene rings is 1. The molecular weight excluding hydrogens is 282 g/mol. The van der Waals surface area contributed by atoms with Crippen LogP contribution >= 0.6 is 0 Å². The Morgan fingerprint density at radius 2 is 2.00 bits per heavy atom. The summed E-state index contributed by atoms with van der Waals surface area (Å²) in [5.74, 6) is 0.295. The molecule has 0 spiro atoms. The van der Waals surface area contributed by atoms with E-state index in [4.69, 9.17) is 10.5 Å². The first-order valence-corrected chi connectivity index (χ1v) is 7.63. The maximum Gasteiger partial charge on any atom is 0.238 e. The Hall–Kier alpha value is -2.08. The van der Waals surface area contributed by atoms with Crippen molar-refractivity contribution in [1.82, 2.24) is 4.90 Å². The van der Waals surface area contributed by atoms with Gasteiger partial charge in [0.1, 0.15) is 5.75 Å². The molecule has 22 heavy (non-hydrogen) atoms. The highest BCUT2D eigenvalue weighted by atomic mass is 16.5. The van der Waals surface area contributed by atoms with E-state index in [0.717, 1.165) is 12.8 Å². The van der Waals surface area contributed by atoms with Gasteiger partial charge in [-0.25, -0.2) is 0 Å². The third-order valence-corrected chi connectivity index (χ3v) is 3.82. The molecule has 1 aliphatic rings. The summed E-state index contributed by atoms with van der Waals surface area (Å²) in [6.07, 6.45) is 1.44. The average molecular weight is 305 g/mol. The predicted octanol–water partition coefficient (Wildman–Crippen LogP) is 1.22. The second kappa shape index (κ2) is 7.79. The van der Waals surface area contributed by atoms with Gasteiger partial charge in [0.2, 0.25) is 11.8 Å². The minimum absolute atomic E-state index is 0.0574. The Morgan fingerprint density at radius 1 is 1.32 bits per heavy atom. The molecule has 0 atom stereocenters. The standard InChI is InChI=1S/C16H23N3O3/c1-2-22-14-6-4-3-5-13(14)18-15(20)11-19-9-7-12(8-10-19)16(17)21/h3-6,12H,2,7-11H2,1H3,(H2,17,21)(H,18,20). The molecule has 1 aromatic carbocycles. The Bertz CT molecular complexity index is 525. The molecule has 3 N–H and O–H groups in total. The molecule has 2 rings (SSSR count). The average Bonchev–Trinajstić information content (AvgIpc) is 2.50. The number of anilines is 1. The van der Waals surface area contributed by atoms with E-state index in [1.807, 2.05) is 36.1 Å². The maximum atomic E-state index is 12.2. The molecule has 1 aromatic rings. The van der Waals surface area contributed by atoms with Gasteiger partial charge in [-0.1, -0.05) is 12.1 Å². The number of hydrogen-bond acceptors (Lipinski definition) is 4. The molecular formula is C16H23N3O3. The van der Waals surface area contributed by atoms with Crippen molar-refractivity contribution in [3.05, 3.63) is 24.3 Å². The van der Waals surface area contributed by atoms with Crippen LogP contribution in [0.4, 0.5) is 5.69 Å². The Kier molecular flexibility index (Phi) is 5.77.